The first kappa shape index (κ1) is 18.4. The number of fused-ring (bicyclic) bond motifs is 3. The van der Waals surface area contributed by atoms with Crippen molar-refractivity contribution in [3.63, 3.8) is 0 Å². The van der Waals surface area contributed by atoms with Crippen molar-refractivity contribution in [2.45, 2.75) is 6.18 Å². The summed E-state index contributed by atoms with van der Waals surface area (Å²) in [4.78, 5) is 8.80. The number of halogens is 4. The van der Waals surface area contributed by atoms with Crippen LogP contribution in [0.5, 0.6) is 0 Å². The van der Waals surface area contributed by atoms with Crippen LogP contribution in [0.4, 0.5) is 13.2 Å². The van der Waals surface area contributed by atoms with Gasteiger partial charge in [0.2, 0.25) is 0 Å². The Hall–Kier alpha value is -3.59. The topological polar surface area (TPSA) is 68.9 Å². The monoisotopic (exact) mass is 426 g/mol. The fourth-order valence-corrected chi connectivity index (χ4v) is 3.45. The van der Waals surface area contributed by atoms with Gasteiger partial charge in [0.1, 0.15) is 0 Å². The summed E-state index contributed by atoms with van der Waals surface area (Å²) in [6.45, 7) is 0. The number of alkyl halides is 3. The molecule has 0 aliphatic rings. The number of tetrazole rings is 1. The first-order chi connectivity index (χ1) is 14.4. The molecule has 3 aromatic heterocycles. The lowest BCUT2D eigenvalue weighted by Gasteiger charge is -2.14. The molecule has 2 aromatic carbocycles. The highest BCUT2D eigenvalue weighted by Gasteiger charge is 2.36. The average Bonchev–Trinajstić information content (AvgIpc) is 3.22. The van der Waals surface area contributed by atoms with Gasteiger partial charge in [0.25, 0.3) is 0 Å². The van der Waals surface area contributed by atoms with E-state index in [1.54, 1.807) is 54.6 Å². The van der Waals surface area contributed by atoms with Crippen LogP contribution >= 0.6 is 11.6 Å². The van der Waals surface area contributed by atoms with Crippen molar-refractivity contribution in [2.24, 2.45) is 0 Å². The van der Waals surface area contributed by atoms with E-state index >= 15 is 0 Å². The lowest BCUT2D eigenvalue weighted by Crippen LogP contribution is -2.10. The van der Waals surface area contributed by atoms with Crippen LogP contribution in [0.25, 0.3) is 39.3 Å². The SMILES string of the molecule is FC(F)(F)c1cc(-c2ccccc2)nc2nc(-c3cccc(Cl)c3)n3nnnc3c12. The predicted molar refractivity (Wildman–Crippen MR) is 105 cm³/mol. The average molecular weight is 427 g/mol. The highest BCUT2D eigenvalue weighted by Crippen LogP contribution is 2.38. The molecule has 148 valence electrons. The molecule has 3 heterocycles. The molecule has 6 nitrogen and oxygen atoms in total. The first-order valence-corrected chi connectivity index (χ1v) is 9.11. The molecule has 0 saturated carbocycles. The number of benzene rings is 2. The van der Waals surface area contributed by atoms with Crippen LogP contribution in [-0.2, 0) is 6.18 Å². The Morgan fingerprint density at radius 1 is 0.867 bits per heavy atom. The second-order valence-corrected chi connectivity index (χ2v) is 6.91. The molecule has 5 rings (SSSR count). The molecule has 5 aromatic rings. The molecule has 0 fully saturated rings. The zero-order valence-corrected chi connectivity index (χ0v) is 15.7. The molecule has 0 aliphatic carbocycles. The number of pyridine rings is 1. The molecule has 0 radical (unpaired) electrons. The number of rotatable bonds is 2. The number of hydrogen-bond donors (Lipinski definition) is 0. The van der Waals surface area contributed by atoms with Gasteiger partial charge < -0.3 is 0 Å². The molecule has 30 heavy (non-hydrogen) atoms. The van der Waals surface area contributed by atoms with Gasteiger partial charge in [-0.05, 0) is 28.6 Å². The molecular formula is C20H10ClF3N6. The van der Waals surface area contributed by atoms with E-state index in [-0.39, 0.29) is 28.2 Å². The lowest BCUT2D eigenvalue weighted by molar-refractivity contribution is -0.136. The quantitative estimate of drug-likeness (QED) is 0.394. The van der Waals surface area contributed by atoms with Crippen LogP contribution in [0.1, 0.15) is 5.56 Å². The molecule has 0 aliphatic heterocycles. The summed E-state index contributed by atoms with van der Waals surface area (Å²) in [5.74, 6) is 0.232. The van der Waals surface area contributed by atoms with Gasteiger partial charge in [0.05, 0.1) is 16.6 Å². The Morgan fingerprint density at radius 2 is 1.63 bits per heavy atom. The van der Waals surface area contributed by atoms with Crippen LogP contribution < -0.4 is 0 Å². The van der Waals surface area contributed by atoms with Crippen LogP contribution in [0.2, 0.25) is 5.02 Å². The fraction of sp³-hybridized carbons (Fsp3) is 0.0500. The van der Waals surface area contributed by atoms with Gasteiger partial charge in [-0.3, -0.25) is 0 Å². The smallest absolute Gasteiger partial charge is 0.228 e. The summed E-state index contributed by atoms with van der Waals surface area (Å²) < 4.78 is 43.1. The van der Waals surface area contributed by atoms with E-state index in [1.807, 2.05) is 0 Å². The molecule has 0 unspecified atom stereocenters. The second kappa shape index (κ2) is 6.74. The van der Waals surface area contributed by atoms with Crippen molar-refractivity contribution in [3.8, 4) is 22.6 Å². The highest BCUT2D eigenvalue weighted by atomic mass is 35.5. The third-order valence-electron chi connectivity index (χ3n) is 4.56. The molecular weight excluding hydrogens is 417 g/mol. The Morgan fingerprint density at radius 3 is 2.37 bits per heavy atom. The van der Waals surface area contributed by atoms with E-state index < -0.39 is 11.7 Å². The van der Waals surface area contributed by atoms with E-state index in [2.05, 4.69) is 25.5 Å². The van der Waals surface area contributed by atoms with Gasteiger partial charge in [-0.2, -0.15) is 17.7 Å². The molecule has 0 amide bonds. The second-order valence-electron chi connectivity index (χ2n) is 6.48. The van der Waals surface area contributed by atoms with Crippen molar-refractivity contribution in [1.29, 1.82) is 0 Å². The van der Waals surface area contributed by atoms with E-state index in [0.29, 0.717) is 16.1 Å². The predicted octanol–water partition coefficient (Wildman–Crippen LogP) is 5.07. The summed E-state index contributed by atoms with van der Waals surface area (Å²) in [6, 6.07) is 16.3. The standard InChI is InChI=1S/C20H10ClF3N6/c21-13-8-4-7-12(9-13)18-26-17-16(19-27-28-29-30(18)19)14(20(22,23)24)10-15(25-17)11-5-2-1-3-6-11/h1-10H. The molecule has 10 heteroatoms. The third kappa shape index (κ3) is 3.03. The van der Waals surface area contributed by atoms with E-state index in [4.69, 9.17) is 11.6 Å². The van der Waals surface area contributed by atoms with Crippen LogP contribution in [0, 0.1) is 0 Å². The summed E-state index contributed by atoms with van der Waals surface area (Å²) in [7, 11) is 0. The first-order valence-electron chi connectivity index (χ1n) is 8.73. The minimum absolute atomic E-state index is 0.0885. The van der Waals surface area contributed by atoms with Crippen molar-refractivity contribution >= 4 is 28.3 Å². The van der Waals surface area contributed by atoms with Crippen LogP contribution in [0.3, 0.4) is 0 Å². The van der Waals surface area contributed by atoms with Gasteiger partial charge in [0.15, 0.2) is 17.1 Å². The molecule has 0 bridgehead atoms. The van der Waals surface area contributed by atoms with E-state index in [0.717, 1.165) is 10.6 Å². The fourth-order valence-electron chi connectivity index (χ4n) is 3.26. The van der Waals surface area contributed by atoms with Gasteiger partial charge in [0, 0.05) is 16.1 Å². The van der Waals surface area contributed by atoms with Gasteiger partial charge >= 0.3 is 6.18 Å². The van der Waals surface area contributed by atoms with Crippen LogP contribution in [-0.4, -0.2) is 30.0 Å². The van der Waals surface area contributed by atoms with Crippen molar-refractivity contribution in [3.05, 3.63) is 71.2 Å². The van der Waals surface area contributed by atoms with Crippen molar-refractivity contribution < 1.29 is 13.2 Å². The van der Waals surface area contributed by atoms with E-state index in [1.165, 1.54) is 0 Å². The van der Waals surface area contributed by atoms with Gasteiger partial charge in [-0.25, -0.2) is 9.97 Å². The number of hydrogen-bond acceptors (Lipinski definition) is 5. The van der Waals surface area contributed by atoms with Crippen molar-refractivity contribution in [2.75, 3.05) is 0 Å². The minimum atomic E-state index is -4.66. The molecule has 0 spiro atoms. The zero-order valence-electron chi connectivity index (χ0n) is 15.0. The summed E-state index contributed by atoms with van der Waals surface area (Å²) in [5.41, 5.74) is 0.126. The summed E-state index contributed by atoms with van der Waals surface area (Å²) in [5, 5.41) is 11.4. The molecule has 0 atom stereocenters. The molecule has 0 N–H and O–H groups in total. The maximum Gasteiger partial charge on any atom is 0.417 e. The Kier molecular flexibility index (Phi) is 4.14. The number of nitrogens with zero attached hydrogens (tertiary/aromatic N) is 6. The minimum Gasteiger partial charge on any atom is -0.228 e. The van der Waals surface area contributed by atoms with Gasteiger partial charge in [-0.1, -0.05) is 54.1 Å². The maximum atomic E-state index is 14.0. The van der Waals surface area contributed by atoms with Crippen molar-refractivity contribution in [1.82, 2.24) is 30.0 Å². The Labute approximate surface area is 172 Å². The van der Waals surface area contributed by atoms with Gasteiger partial charge in [-0.15, -0.1) is 5.10 Å². The zero-order chi connectivity index (χ0) is 20.9. The Balaban J connectivity index is 1.91. The maximum absolute atomic E-state index is 14.0. The number of aromatic nitrogens is 6. The largest absolute Gasteiger partial charge is 0.417 e. The highest BCUT2D eigenvalue weighted by molar-refractivity contribution is 6.30. The van der Waals surface area contributed by atoms with Crippen LogP contribution in [0.15, 0.2) is 60.7 Å². The summed E-state index contributed by atoms with van der Waals surface area (Å²) in [6.07, 6.45) is -4.66. The third-order valence-corrected chi connectivity index (χ3v) is 4.80. The molecule has 0 saturated heterocycles. The Bertz CT molecular complexity index is 1400. The lowest BCUT2D eigenvalue weighted by atomic mass is 10.1. The normalized spacial score (nSPS) is 12.0. The summed E-state index contributed by atoms with van der Waals surface area (Å²) >= 11 is 6.08. The van der Waals surface area contributed by atoms with E-state index in [9.17, 15) is 13.2 Å².